The maximum Gasteiger partial charge on any atom is 0.191 e. The third-order valence-corrected chi connectivity index (χ3v) is 8.21. The molecule has 2 unspecified atom stereocenters. The quantitative estimate of drug-likeness (QED) is 0.0855. The standard InChI is InChI=1S/C33H68N3/c1-7-13-19-25-34(26-20-14-8-2)31-32(35(27-21-15-9-3)28-22-16-10-4)33(31)36(29-23-17-11-5)30-24-18-12-6/h31-32H,7-30H2,1-6H3/q+1. The fourth-order valence-corrected chi connectivity index (χ4v) is 5.89. The number of rotatable bonds is 26. The molecule has 1 saturated carbocycles. The second-order valence-electron chi connectivity index (χ2n) is 11.6. The van der Waals surface area contributed by atoms with Gasteiger partial charge < -0.3 is 0 Å². The highest BCUT2D eigenvalue weighted by Gasteiger charge is 2.59. The molecule has 1 aliphatic carbocycles. The minimum Gasteiger partial charge on any atom is -0.290 e. The van der Waals surface area contributed by atoms with Gasteiger partial charge in [0.1, 0.15) is 25.2 Å². The van der Waals surface area contributed by atoms with Gasteiger partial charge in [0.25, 0.3) is 0 Å². The summed E-state index contributed by atoms with van der Waals surface area (Å²) in [5.41, 5.74) is 1.82. The Morgan fingerprint density at radius 1 is 0.417 bits per heavy atom. The zero-order valence-electron chi connectivity index (χ0n) is 26.0. The van der Waals surface area contributed by atoms with Gasteiger partial charge >= 0.3 is 0 Å². The molecular weight excluding hydrogens is 438 g/mol. The molecule has 3 heteroatoms. The summed E-state index contributed by atoms with van der Waals surface area (Å²) in [6, 6.07) is 1.37. The fourth-order valence-electron chi connectivity index (χ4n) is 5.89. The molecule has 0 aliphatic heterocycles. The van der Waals surface area contributed by atoms with E-state index in [2.05, 4.69) is 55.9 Å². The zero-order valence-corrected chi connectivity index (χ0v) is 26.0. The van der Waals surface area contributed by atoms with Crippen molar-refractivity contribution in [1.29, 1.82) is 0 Å². The number of unbranched alkanes of at least 4 members (excludes halogenated alkanes) is 12. The Hall–Kier alpha value is -0.410. The lowest BCUT2D eigenvalue weighted by atomic mass is 10.2. The van der Waals surface area contributed by atoms with Crippen LogP contribution in [0.1, 0.15) is 157 Å². The van der Waals surface area contributed by atoms with E-state index in [4.69, 9.17) is 0 Å². The van der Waals surface area contributed by atoms with Crippen LogP contribution in [0.2, 0.25) is 0 Å². The van der Waals surface area contributed by atoms with E-state index in [1.807, 2.05) is 5.71 Å². The Balaban J connectivity index is 3.25. The maximum absolute atomic E-state index is 2.95. The van der Waals surface area contributed by atoms with Gasteiger partial charge in [-0.3, -0.25) is 9.80 Å². The van der Waals surface area contributed by atoms with E-state index >= 15 is 0 Å². The van der Waals surface area contributed by atoms with Gasteiger partial charge in [0.15, 0.2) is 5.71 Å². The van der Waals surface area contributed by atoms with Gasteiger partial charge in [-0.1, -0.05) is 106 Å². The van der Waals surface area contributed by atoms with Crippen LogP contribution in [0.25, 0.3) is 0 Å². The Labute approximate surface area is 228 Å². The second kappa shape index (κ2) is 22.6. The lowest BCUT2D eigenvalue weighted by Crippen LogP contribution is -2.37. The van der Waals surface area contributed by atoms with Crippen LogP contribution in [0.5, 0.6) is 0 Å². The van der Waals surface area contributed by atoms with E-state index in [0.29, 0.717) is 12.1 Å². The van der Waals surface area contributed by atoms with Crippen LogP contribution in [0.3, 0.4) is 0 Å². The first-order chi connectivity index (χ1) is 17.7. The van der Waals surface area contributed by atoms with Crippen LogP contribution in [0, 0.1) is 0 Å². The van der Waals surface area contributed by atoms with E-state index in [1.165, 1.54) is 155 Å². The summed E-state index contributed by atoms with van der Waals surface area (Å²) in [5.74, 6) is 0. The number of nitrogens with zero attached hydrogens (tertiary/aromatic N) is 3. The molecular formula is C33H68N3+. The van der Waals surface area contributed by atoms with E-state index < -0.39 is 0 Å². The summed E-state index contributed by atoms with van der Waals surface area (Å²) in [7, 11) is 0. The fraction of sp³-hybridized carbons (Fsp3) is 0.970. The SMILES string of the molecule is CCCCCN(CCCCC)C1C(=[N+](CCCCC)CCCCC)C1N(CCCCC)CCCCC. The van der Waals surface area contributed by atoms with E-state index in [-0.39, 0.29) is 0 Å². The molecule has 0 bridgehead atoms. The summed E-state index contributed by atoms with van der Waals surface area (Å²) in [6.45, 7) is 21.9. The molecule has 0 radical (unpaired) electrons. The van der Waals surface area contributed by atoms with Crippen LogP contribution < -0.4 is 0 Å². The first-order valence-corrected chi connectivity index (χ1v) is 16.8. The highest BCUT2D eigenvalue weighted by atomic mass is 15.3. The van der Waals surface area contributed by atoms with Gasteiger partial charge in [-0.2, -0.15) is 0 Å². The first kappa shape index (κ1) is 33.6. The van der Waals surface area contributed by atoms with Crippen LogP contribution in [-0.2, 0) is 0 Å². The van der Waals surface area contributed by atoms with E-state index in [0.717, 1.165) is 0 Å². The summed E-state index contributed by atoms with van der Waals surface area (Å²) < 4.78 is 2.90. The normalized spacial score (nSPS) is 17.5. The van der Waals surface area contributed by atoms with E-state index in [9.17, 15) is 0 Å². The van der Waals surface area contributed by atoms with Gasteiger partial charge in [-0.05, 0) is 64.7 Å². The third-order valence-electron chi connectivity index (χ3n) is 8.21. The topological polar surface area (TPSA) is 9.49 Å². The Morgan fingerprint density at radius 3 is 0.972 bits per heavy atom. The monoisotopic (exact) mass is 507 g/mol. The van der Waals surface area contributed by atoms with Crippen molar-refractivity contribution in [2.24, 2.45) is 0 Å². The van der Waals surface area contributed by atoms with Crippen molar-refractivity contribution in [3.63, 3.8) is 0 Å². The Morgan fingerprint density at radius 2 is 0.694 bits per heavy atom. The van der Waals surface area contributed by atoms with Crippen LogP contribution in [0.15, 0.2) is 0 Å². The lowest BCUT2D eigenvalue weighted by Gasteiger charge is -2.25. The molecule has 3 nitrogen and oxygen atoms in total. The molecule has 0 heterocycles. The highest BCUT2D eigenvalue weighted by molar-refractivity contribution is 6.08. The van der Waals surface area contributed by atoms with Crippen LogP contribution in [-0.4, -0.2) is 71.4 Å². The average molecular weight is 507 g/mol. The number of hydrogen-bond acceptors (Lipinski definition) is 2. The third kappa shape index (κ3) is 13.4. The molecule has 1 rings (SSSR count). The van der Waals surface area contributed by atoms with Crippen molar-refractivity contribution >= 4 is 5.71 Å². The molecule has 0 aromatic carbocycles. The molecule has 36 heavy (non-hydrogen) atoms. The van der Waals surface area contributed by atoms with Crippen LogP contribution in [0.4, 0.5) is 0 Å². The smallest absolute Gasteiger partial charge is 0.191 e. The summed E-state index contributed by atoms with van der Waals surface area (Å²) in [5, 5.41) is 0. The van der Waals surface area contributed by atoms with Crippen molar-refractivity contribution in [1.82, 2.24) is 9.80 Å². The molecule has 1 aliphatic rings. The van der Waals surface area contributed by atoms with Crippen molar-refractivity contribution < 1.29 is 4.58 Å². The van der Waals surface area contributed by atoms with Crippen LogP contribution >= 0.6 is 0 Å². The van der Waals surface area contributed by atoms with Crippen molar-refractivity contribution in [3.8, 4) is 0 Å². The van der Waals surface area contributed by atoms with E-state index in [1.54, 1.807) is 0 Å². The maximum atomic E-state index is 2.95. The molecule has 0 aromatic heterocycles. The Kier molecular flexibility index (Phi) is 21.1. The summed E-state index contributed by atoms with van der Waals surface area (Å²) >= 11 is 0. The minimum atomic E-state index is 0.685. The molecule has 2 atom stereocenters. The molecule has 0 spiro atoms. The van der Waals surface area contributed by atoms with Crippen molar-refractivity contribution in [3.05, 3.63) is 0 Å². The molecule has 0 aromatic rings. The Bertz CT molecular complexity index is 465. The van der Waals surface area contributed by atoms with Gasteiger partial charge in [0.2, 0.25) is 0 Å². The summed E-state index contributed by atoms with van der Waals surface area (Å²) in [6.07, 6.45) is 24.4. The molecule has 0 amide bonds. The second-order valence-corrected chi connectivity index (χ2v) is 11.6. The van der Waals surface area contributed by atoms with Gasteiger partial charge in [-0.25, -0.2) is 4.58 Å². The van der Waals surface area contributed by atoms with Crippen molar-refractivity contribution in [2.75, 3.05) is 39.3 Å². The first-order valence-electron chi connectivity index (χ1n) is 16.8. The van der Waals surface area contributed by atoms with Gasteiger partial charge in [0.05, 0.1) is 0 Å². The zero-order chi connectivity index (χ0) is 26.4. The molecule has 1 fully saturated rings. The largest absolute Gasteiger partial charge is 0.290 e. The lowest BCUT2D eigenvalue weighted by molar-refractivity contribution is -0.528. The van der Waals surface area contributed by atoms with Gasteiger partial charge in [0, 0.05) is 12.8 Å². The molecule has 0 saturated heterocycles. The molecule has 214 valence electrons. The average Bonchev–Trinajstić information content (AvgIpc) is 3.61. The molecule has 0 N–H and O–H groups in total. The number of hydrogen-bond donors (Lipinski definition) is 0. The predicted molar refractivity (Wildman–Crippen MR) is 163 cm³/mol. The highest BCUT2D eigenvalue weighted by Crippen LogP contribution is 2.33. The van der Waals surface area contributed by atoms with Gasteiger partial charge in [-0.15, -0.1) is 0 Å². The minimum absolute atomic E-state index is 0.685. The summed E-state index contributed by atoms with van der Waals surface area (Å²) in [4.78, 5) is 5.90. The predicted octanol–water partition coefficient (Wildman–Crippen LogP) is 8.94. The van der Waals surface area contributed by atoms with Crippen molar-refractivity contribution in [2.45, 2.75) is 169 Å².